The zero-order chi connectivity index (χ0) is 26.4. The first-order chi connectivity index (χ1) is 17.8. The number of benzene rings is 2. The third kappa shape index (κ3) is 6.46. The third-order valence-electron chi connectivity index (χ3n) is 6.40. The normalized spacial score (nSPS) is 19.3. The molecule has 0 unspecified atom stereocenters. The highest BCUT2D eigenvalue weighted by molar-refractivity contribution is 6.35. The Hall–Kier alpha value is -3.91. The number of carbonyl (C=O) groups is 3. The summed E-state index contributed by atoms with van der Waals surface area (Å²) in [5.74, 6) is 4.18. The summed E-state index contributed by atoms with van der Waals surface area (Å²) < 4.78 is 10.6. The largest absolute Gasteiger partial charge is 0.632 e. The molecule has 2 aromatic rings. The molecule has 2 N–H and O–H groups in total. The van der Waals surface area contributed by atoms with Crippen LogP contribution in [0.3, 0.4) is 0 Å². The topological polar surface area (TPSA) is 120 Å². The van der Waals surface area contributed by atoms with Gasteiger partial charge in [-0.3, -0.25) is 14.4 Å². The highest BCUT2D eigenvalue weighted by Gasteiger charge is 2.32. The van der Waals surface area contributed by atoms with Gasteiger partial charge in [-0.2, -0.15) is 0 Å². The molecule has 2 aliphatic heterocycles. The summed E-state index contributed by atoms with van der Waals surface area (Å²) in [6.45, 7) is 3.40. The number of carbonyl (C=O) groups excluding carboxylic acids is 3. The van der Waals surface area contributed by atoms with Crippen LogP contribution < -0.4 is 20.3 Å². The number of hydroxylamine groups is 3. The van der Waals surface area contributed by atoms with Gasteiger partial charge in [0.2, 0.25) is 0 Å². The molecule has 0 radical (unpaired) electrons. The number of rotatable bonds is 4. The van der Waals surface area contributed by atoms with Crippen molar-refractivity contribution in [2.24, 2.45) is 0 Å². The molecule has 0 aliphatic carbocycles. The second kappa shape index (κ2) is 11.4. The van der Waals surface area contributed by atoms with Crippen molar-refractivity contribution >= 4 is 23.4 Å². The molecular weight excluding hydrogens is 476 g/mol. The Morgan fingerprint density at radius 2 is 1.89 bits per heavy atom. The van der Waals surface area contributed by atoms with Crippen LogP contribution in [0, 0.1) is 17.0 Å². The summed E-state index contributed by atoms with van der Waals surface area (Å²) in [5.41, 5.74) is 1.95. The van der Waals surface area contributed by atoms with Gasteiger partial charge in [-0.25, -0.2) is 0 Å². The summed E-state index contributed by atoms with van der Waals surface area (Å²) in [5, 5.41) is 17.7. The van der Waals surface area contributed by atoms with Gasteiger partial charge in [-0.05, 0) is 36.6 Å². The molecular formula is C27H30N4O6. The zero-order valence-corrected chi connectivity index (χ0v) is 20.9. The van der Waals surface area contributed by atoms with Crippen molar-refractivity contribution in [3.05, 3.63) is 64.9 Å². The fourth-order valence-corrected chi connectivity index (χ4v) is 4.11. The van der Waals surface area contributed by atoms with Gasteiger partial charge in [0, 0.05) is 12.6 Å². The Bertz CT molecular complexity index is 1220. The molecule has 2 aromatic carbocycles. The molecule has 1 saturated heterocycles. The van der Waals surface area contributed by atoms with E-state index in [2.05, 4.69) is 22.5 Å². The Morgan fingerprint density at radius 3 is 2.62 bits per heavy atom. The maximum Gasteiger partial charge on any atom is 0.310 e. The van der Waals surface area contributed by atoms with Crippen LogP contribution in [0.4, 0.5) is 5.69 Å². The van der Waals surface area contributed by atoms with Crippen LogP contribution in [0.5, 0.6) is 5.75 Å². The quantitative estimate of drug-likeness (QED) is 0.277. The van der Waals surface area contributed by atoms with Crippen molar-refractivity contribution in [3.63, 3.8) is 0 Å². The predicted octanol–water partition coefficient (Wildman–Crippen LogP) is 1.10. The molecule has 37 heavy (non-hydrogen) atoms. The van der Waals surface area contributed by atoms with E-state index in [1.54, 1.807) is 32.2 Å². The van der Waals surface area contributed by atoms with Crippen molar-refractivity contribution in [2.45, 2.75) is 19.0 Å². The van der Waals surface area contributed by atoms with E-state index in [4.69, 9.17) is 9.47 Å². The SMILES string of the molecule is C[C@@H](NC(=O)C(=O)N[C@H]1COc2ccc(C#CC[N+]3([O-])CCOCC3)cc2N(C)C1=O)c1ccccc1. The number of hydrogen-bond acceptors (Lipinski definition) is 6. The summed E-state index contributed by atoms with van der Waals surface area (Å²) in [7, 11) is 1.56. The van der Waals surface area contributed by atoms with E-state index in [0.717, 1.165) is 5.56 Å². The minimum Gasteiger partial charge on any atom is -0.632 e. The number of fused-ring (bicyclic) bond motifs is 1. The van der Waals surface area contributed by atoms with E-state index < -0.39 is 28.4 Å². The van der Waals surface area contributed by atoms with Crippen LogP contribution in [-0.2, 0) is 19.1 Å². The number of likely N-dealkylation sites (N-methyl/N-ethyl adjacent to an activating group) is 1. The van der Waals surface area contributed by atoms with Crippen molar-refractivity contribution in [2.75, 3.05) is 51.4 Å². The van der Waals surface area contributed by atoms with E-state index in [9.17, 15) is 19.6 Å². The van der Waals surface area contributed by atoms with Crippen molar-refractivity contribution in [3.8, 4) is 17.6 Å². The van der Waals surface area contributed by atoms with Crippen LogP contribution in [0.25, 0.3) is 0 Å². The van der Waals surface area contributed by atoms with Crippen molar-refractivity contribution in [1.82, 2.24) is 10.6 Å². The lowest BCUT2D eigenvalue weighted by atomic mass is 10.1. The van der Waals surface area contributed by atoms with Crippen LogP contribution in [0.2, 0.25) is 0 Å². The van der Waals surface area contributed by atoms with Crippen molar-refractivity contribution < 1.29 is 28.5 Å². The molecule has 1 fully saturated rings. The van der Waals surface area contributed by atoms with Crippen LogP contribution in [-0.4, -0.2) is 74.9 Å². The second-order valence-electron chi connectivity index (χ2n) is 9.10. The highest BCUT2D eigenvalue weighted by Crippen LogP contribution is 2.31. The monoisotopic (exact) mass is 506 g/mol. The number of anilines is 1. The molecule has 0 spiro atoms. The molecule has 194 valence electrons. The Morgan fingerprint density at radius 1 is 1.16 bits per heavy atom. The predicted molar refractivity (Wildman–Crippen MR) is 136 cm³/mol. The van der Waals surface area contributed by atoms with E-state index in [0.29, 0.717) is 43.3 Å². The number of quaternary nitrogens is 1. The van der Waals surface area contributed by atoms with Crippen LogP contribution in [0.15, 0.2) is 48.5 Å². The second-order valence-corrected chi connectivity index (χ2v) is 9.10. The Labute approximate surface area is 215 Å². The van der Waals surface area contributed by atoms with Crippen molar-refractivity contribution in [1.29, 1.82) is 0 Å². The minimum atomic E-state index is -1.05. The fraction of sp³-hybridized carbons (Fsp3) is 0.370. The highest BCUT2D eigenvalue weighted by atomic mass is 16.6. The first-order valence-electron chi connectivity index (χ1n) is 12.1. The van der Waals surface area contributed by atoms with Crippen LogP contribution >= 0.6 is 0 Å². The van der Waals surface area contributed by atoms with Gasteiger partial charge in [-0.1, -0.05) is 36.3 Å². The lowest BCUT2D eigenvalue weighted by molar-refractivity contribution is -0.881. The average Bonchev–Trinajstić information content (AvgIpc) is 3.01. The molecule has 0 aromatic heterocycles. The van der Waals surface area contributed by atoms with E-state index in [-0.39, 0.29) is 19.2 Å². The first kappa shape index (κ1) is 26.2. The Kier molecular flexibility index (Phi) is 8.08. The Balaban J connectivity index is 1.39. The number of hydrogen-bond donors (Lipinski definition) is 2. The van der Waals surface area contributed by atoms with E-state index in [1.165, 1.54) is 4.90 Å². The molecule has 2 aliphatic rings. The van der Waals surface area contributed by atoms with Gasteiger partial charge in [0.1, 0.15) is 38.0 Å². The number of ether oxygens (including phenoxy) is 2. The fourth-order valence-electron chi connectivity index (χ4n) is 4.11. The molecule has 0 bridgehead atoms. The van der Waals surface area contributed by atoms with Crippen LogP contribution in [0.1, 0.15) is 24.1 Å². The zero-order valence-electron chi connectivity index (χ0n) is 20.9. The summed E-state index contributed by atoms with van der Waals surface area (Å²) in [6, 6.07) is 12.9. The number of amides is 3. The van der Waals surface area contributed by atoms with Gasteiger partial charge in [0.05, 0.1) is 24.9 Å². The summed E-state index contributed by atoms with van der Waals surface area (Å²) in [4.78, 5) is 39.4. The number of nitrogens with zero attached hydrogens (tertiary/aromatic N) is 2. The van der Waals surface area contributed by atoms with Gasteiger partial charge < -0.3 is 34.9 Å². The van der Waals surface area contributed by atoms with E-state index in [1.807, 2.05) is 30.3 Å². The third-order valence-corrected chi connectivity index (χ3v) is 6.40. The molecule has 10 heteroatoms. The molecule has 10 nitrogen and oxygen atoms in total. The summed E-state index contributed by atoms with van der Waals surface area (Å²) in [6.07, 6.45) is 0. The van der Waals surface area contributed by atoms with Gasteiger partial charge >= 0.3 is 11.8 Å². The molecule has 0 saturated carbocycles. The van der Waals surface area contributed by atoms with Gasteiger partial charge in [0.15, 0.2) is 0 Å². The maximum atomic E-state index is 13.1. The maximum absolute atomic E-state index is 13.1. The summed E-state index contributed by atoms with van der Waals surface area (Å²) >= 11 is 0. The number of nitrogens with one attached hydrogen (secondary N) is 2. The molecule has 4 rings (SSSR count). The average molecular weight is 507 g/mol. The first-order valence-corrected chi connectivity index (χ1v) is 12.1. The smallest absolute Gasteiger partial charge is 0.310 e. The van der Waals surface area contributed by atoms with Gasteiger partial charge in [0.25, 0.3) is 5.91 Å². The van der Waals surface area contributed by atoms with Gasteiger partial charge in [-0.15, -0.1) is 0 Å². The lowest BCUT2D eigenvalue weighted by Crippen LogP contribution is -2.53. The standard InChI is InChI=1S/C27H30N4O6/c1-19(21-8-4-3-5-9-21)28-25(32)26(33)29-22-18-37-24-11-10-20(17-23(24)30(2)27(22)34)7-6-12-31(35)13-15-36-16-14-31/h3-5,8-11,17,19,22H,12-16,18H2,1-2H3,(H,28,32)(H,29,33)/t19-,22+/m1/s1. The molecule has 2 heterocycles. The van der Waals surface area contributed by atoms with E-state index >= 15 is 0 Å². The minimum absolute atomic E-state index is 0.132. The lowest BCUT2D eigenvalue weighted by Gasteiger charge is -2.43. The molecule has 3 amide bonds. The molecule has 2 atom stereocenters. The number of morpholine rings is 1.